The van der Waals surface area contributed by atoms with E-state index in [1.165, 1.54) is 6.26 Å². The standard InChI is InChI=1S/C15H24N2O3S/c1-20-15(13-7-4-3-5-8-13)12-17-10-6-9-14(11-17)16-21(2,18)19/h3-5,7-8,14-16H,6,9-12H2,1-2H3. The molecule has 118 valence electrons. The Labute approximate surface area is 127 Å². The fraction of sp³-hybridized carbons (Fsp3) is 0.600. The number of hydrogen-bond acceptors (Lipinski definition) is 4. The van der Waals surface area contributed by atoms with Crippen molar-refractivity contribution in [1.82, 2.24) is 9.62 Å². The van der Waals surface area contributed by atoms with Crippen LogP contribution in [-0.2, 0) is 14.8 Å². The summed E-state index contributed by atoms with van der Waals surface area (Å²) in [5, 5.41) is 0. The van der Waals surface area contributed by atoms with Crippen LogP contribution in [-0.4, -0.2) is 52.4 Å². The van der Waals surface area contributed by atoms with E-state index in [0.29, 0.717) is 0 Å². The second-order valence-electron chi connectivity index (χ2n) is 5.62. The molecule has 1 heterocycles. The van der Waals surface area contributed by atoms with E-state index in [4.69, 9.17) is 4.74 Å². The Morgan fingerprint density at radius 1 is 1.38 bits per heavy atom. The lowest BCUT2D eigenvalue weighted by Gasteiger charge is -2.34. The molecule has 2 rings (SSSR count). The minimum Gasteiger partial charge on any atom is -0.375 e. The third-order valence-electron chi connectivity index (χ3n) is 3.77. The Morgan fingerprint density at radius 3 is 2.71 bits per heavy atom. The Bertz CT molecular complexity index is 533. The summed E-state index contributed by atoms with van der Waals surface area (Å²) in [4.78, 5) is 2.27. The molecule has 0 amide bonds. The highest BCUT2D eigenvalue weighted by Crippen LogP contribution is 2.20. The molecule has 1 aliphatic heterocycles. The number of ether oxygens (including phenoxy) is 1. The first kappa shape index (κ1) is 16.4. The van der Waals surface area contributed by atoms with Crippen LogP contribution in [0.15, 0.2) is 30.3 Å². The summed E-state index contributed by atoms with van der Waals surface area (Å²) in [5.41, 5.74) is 1.15. The topological polar surface area (TPSA) is 58.6 Å². The maximum atomic E-state index is 11.4. The van der Waals surface area contributed by atoms with Gasteiger partial charge in [-0.25, -0.2) is 13.1 Å². The molecule has 0 aliphatic carbocycles. The van der Waals surface area contributed by atoms with Crippen LogP contribution >= 0.6 is 0 Å². The summed E-state index contributed by atoms with van der Waals surface area (Å²) >= 11 is 0. The van der Waals surface area contributed by atoms with Gasteiger partial charge in [-0.2, -0.15) is 0 Å². The Morgan fingerprint density at radius 2 is 2.10 bits per heavy atom. The molecule has 2 unspecified atom stereocenters. The van der Waals surface area contributed by atoms with Crippen LogP contribution < -0.4 is 4.72 Å². The van der Waals surface area contributed by atoms with Crippen molar-refractivity contribution in [3.05, 3.63) is 35.9 Å². The van der Waals surface area contributed by atoms with Gasteiger partial charge < -0.3 is 4.74 Å². The van der Waals surface area contributed by atoms with Crippen molar-refractivity contribution in [2.24, 2.45) is 0 Å². The van der Waals surface area contributed by atoms with Gasteiger partial charge in [0.25, 0.3) is 0 Å². The molecule has 1 saturated heterocycles. The smallest absolute Gasteiger partial charge is 0.208 e. The van der Waals surface area contributed by atoms with E-state index in [9.17, 15) is 8.42 Å². The van der Waals surface area contributed by atoms with E-state index in [2.05, 4.69) is 21.8 Å². The summed E-state index contributed by atoms with van der Waals surface area (Å²) in [7, 11) is -1.43. The molecule has 1 aromatic rings. The van der Waals surface area contributed by atoms with Gasteiger partial charge >= 0.3 is 0 Å². The van der Waals surface area contributed by atoms with E-state index < -0.39 is 10.0 Å². The van der Waals surface area contributed by atoms with Crippen molar-refractivity contribution in [3.8, 4) is 0 Å². The summed E-state index contributed by atoms with van der Waals surface area (Å²) < 4.78 is 31.0. The van der Waals surface area contributed by atoms with E-state index in [1.807, 2.05) is 18.2 Å². The van der Waals surface area contributed by atoms with Crippen LogP contribution in [0, 0.1) is 0 Å². The van der Waals surface area contributed by atoms with E-state index >= 15 is 0 Å². The molecule has 0 bridgehead atoms. The van der Waals surface area contributed by atoms with Gasteiger partial charge in [0.15, 0.2) is 0 Å². The predicted molar refractivity (Wildman–Crippen MR) is 83.6 cm³/mol. The second kappa shape index (κ2) is 7.35. The van der Waals surface area contributed by atoms with Crippen molar-refractivity contribution in [2.75, 3.05) is 33.0 Å². The van der Waals surface area contributed by atoms with E-state index in [1.54, 1.807) is 7.11 Å². The largest absolute Gasteiger partial charge is 0.375 e. The van der Waals surface area contributed by atoms with Crippen molar-refractivity contribution >= 4 is 10.0 Å². The minimum atomic E-state index is -3.14. The molecule has 1 fully saturated rings. The molecule has 5 nitrogen and oxygen atoms in total. The highest BCUT2D eigenvalue weighted by atomic mass is 32.2. The Kier molecular flexibility index (Phi) is 5.75. The lowest BCUT2D eigenvalue weighted by Crippen LogP contribution is -2.48. The van der Waals surface area contributed by atoms with Crippen LogP contribution in [0.1, 0.15) is 24.5 Å². The zero-order valence-electron chi connectivity index (χ0n) is 12.7. The van der Waals surface area contributed by atoms with Crippen LogP contribution in [0.4, 0.5) is 0 Å². The zero-order valence-corrected chi connectivity index (χ0v) is 13.5. The van der Waals surface area contributed by atoms with Gasteiger partial charge in [-0.15, -0.1) is 0 Å². The van der Waals surface area contributed by atoms with Crippen molar-refractivity contribution in [3.63, 3.8) is 0 Å². The molecular formula is C15H24N2O3S. The number of nitrogens with one attached hydrogen (secondary N) is 1. The molecule has 6 heteroatoms. The molecule has 0 spiro atoms. The van der Waals surface area contributed by atoms with Crippen LogP contribution in [0.5, 0.6) is 0 Å². The number of benzene rings is 1. The average Bonchev–Trinajstić information content (AvgIpc) is 2.44. The third-order valence-corrected chi connectivity index (χ3v) is 4.53. The monoisotopic (exact) mass is 312 g/mol. The number of hydrogen-bond donors (Lipinski definition) is 1. The number of nitrogens with zero attached hydrogens (tertiary/aromatic N) is 1. The first-order valence-corrected chi connectivity index (χ1v) is 9.14. The van der Waals surface area contributed by atoms with Crippen LogP contribution in [0.25, 0.3) is 0 Å². The van der Waals surface area contributed by atoms with Gasteiger partial charge in [0, 0.05) is 26.2 Å². The third kappa shape index (κ3) is 5.39. The summed E-state index contributed by atoms with van der Waals surface area (Å²) in [6.45, 7) is 2.50. The Balaban J connectivity index is 1.95. The van der Waals surface area contributed by atoms with E-state index in [0.717, 1.165) is 38.0 Å². The van der Waals surface area contributed by atoms with Gasteiger partial charge in [0.05, 0.1) is 12.4 Å². The van der Waals surface area contributed by atoms with Gasteiger partial charge in [0.2, 0.25) is 10.0 Å². The summed E-state index contributed by atoms with van der Waals surface area (Å²) in [6, 6.07) is 10.1. The first-order valence-electron chi connectivity index (χ1n) is 7.25. The molecule has 1 aromatic carbocycles. The quantitative estimate of drug-likeness (QED) is 0.862. The fourth-order valence-corrected chi connectivity index (χ4v) is 3.64. The first-order chi connectivity index (χ1) is 9.98. The minimum absolute atomic E-state index is 0.00188. The molecule has 2 atom stereocenters. The highest BCUT2D eigenvalue weighted by Gasteiger charge is 2.24. The molecule has 0 saturated carbocycles. The maximum absolute atomic E-state index is 11.4. The molecule has 1 N–H and O–H groups in total. The number of sulfonamides is 1. The lowest BCUT2D eigenvalue weighted by atomic mass is 10.0. The number of piperidine rings is 1. The van der Waals surface area contributed by atoms with E-state index in [-0.39, 0.29) is 12.1 Å². The fourth-order valence-electron chi connectivity index (χ4n) is 2.84. The predicted octanol–water partition coefficient (Wildman–Crippen LogP) is 1.39. The zero-order chi connectivity index (χ0) is 15.3. The molecule has 21 heavy (non-hydrogen) atoms. The summed E-state index contributed by atoms with van der Waals surface area (Å²) in [5.74, 6) is 0. The van der Waals surface area contributed by atoms with Gasteiger partial charge in [0.1, 0.15) is 0 Å². The molecule has 0 aromatic heterocycles. The SMILES string of the molecule is COC(CN1CCCC(NS(C)(=O)=O)C1)c1ccccc1. The van der Waals surface area contributed by atoms with Crippen LogP contribution in [0.3, 0.4) is 0 Å². The van der Waals surface area contributed by atoms with Gasteiger partial charge in [-0.3, -0.25) is 4.90 Å². The normalized spacial score (nSPS) is 22.1. The maximum Gasteiger partial charge on any atom is 0.208 e. The number of likely N-dealkylation sites (tertiary alicyclic amines) is 1. The lowest BCUT2D eigenvalue weighted by molar-refractivity contribution is 0.0531. The van der Waals surface area contributed by atoms with Crippen molar-refractivity contribution < 1.29 is 13.2 Å². The van der Waals surface area contributed by atoms with Gasteiger partial charge in [-0.05, 0) is 24.9 Å². The van der Waals surface area contributed by atoms with Crippen LogP contribution in [0.2, 0.25) is 0 Å². The average molecular weight is 312 g/mol. The Hall–Kier alpha value is -0.950. The molecular weight excluding hydrogens is 288 g/mol. The second-order valence-corrected chi connectivity index (χ2v) is 7.40. The molecule has 0 radical (unpaired) electrons. The summed E-state index contributed by atoms with van der Waals surface area (Å²) in [6.07, 6.45) is 3.13. The number of rotatable bonds is 6. The van der Waals surface area contributed by atoms with Crippen molar-refractivity contribution in [1.29, 1.82) is 0 Å². The van der Waals surface area contributed by atoms with Crippen molar-refractivity contribution in [2.45, 2.75) is 25.0 Å². The van der Waals surface area contributed by atoms with Gasteiger partial charge in [-0.1, -0.05) is 30.3 Å². The number of methoxy groups -OCH3 is 1. The highest BCUT2D eigenvalue weighted by molar-refractivity contribution is 7.88. The molecule has 1 aliphatic rings.